The minimum absolute atomic E-state index is 0.00286. The Kier molecular flexibility index (Phi) is 4.61. The van der Waals surface area contributed by atoms with Gasteiger partial charge in [0.2, 0.25) is 0 Å². The van der Waals surface area contributed by atoms with E-state index in [0.717, 1.165) is 7.11 Å². The van der Waals surface area contributed by atoms with Crippen molar-refractivity contribution in [3.8, 4) is 0 Å². The van der Waals surface area contributed by atoms with Gasteiger partial charge in [0.25, 0.3) is 10.1 Å². The first-order valence-corrected chi connectivity index (χ1v) is 7.47. The molecule has 1 amide bonds. The lowest BCUT2D eigenvalue weighted by Gasteiger charge is -2.35. The Morgan fingerprint density at radius 1 is 1.33 bits per heavy atom. The molecule has 0 aliphatic heterocycles. The molecule has 0 unspecified atom stereocenters. The molecule has 1 rings (SSSR count). The molecular weight excluding hydrogens is 258 g/mol. The molecule has 0 aromatic carbocycles. The van der Waals surface area contributed by atoms with Crippen LogP contribution in [0, 0.1) is 5.92 Å². The molecule has 1 N–H and O–H groups in total. The van der Waals surface area contributed by atoms with Crippen molar-refractivity contribution in [2.24, 2.45) is 5.92 Å². The van der Waals surface area contributed by atoms with E-state index in [1.54, 1.807) is 20.8 Å². The maximum absolute atomic E-state index is 11.4. The lowest BCUT2D eigenvalue weighted by Crippen LogP contribution is -2.47. The summed E-state index contributed by atoms with van der Waals surface area (Å²) in [5.41, 5.74) is -0.521. The molecule has 0 bridgehead atoms. The Morgan fingerprint density at radius 3 is 2.33 bits per heavy atom. The van der Waals surface area contributed by atoms with Gasteiger partial charge in [-0.2, -0.15) is 8.42 Å². The van der Waals surface area contributed by atoms with Crippen LogP contribution in [0.2, 0.25) is 0 Å². The number of rotatable bonds is 4. The zero-order valence-corrected chi connectivity index (χ0v) is 12.0. The lowest BCUT2D eigenvalue weighted by atomic mass is 9.82. The predicted molar refractivity (Wildman–Crippen MR) is 66.7 cm³/mol. The number of hydrogen-bond donors (Lipinski definition) is 1. The monoisotopic (exact) mass is 279 g/mol. The van der Waals surface area contributed by atoms with Crippen molar-refractivity contribution >= 4 is 16.2 Å². The molecule has 18 heavy (non-hydrogen) atoms. The molecule has 7 heteroatoms. The molecule has 6 nitrogen and oxygen atoms in total. The summed E-state index contributed by atoms with van der Waals surface area (Å²) in [5.74, 6) is 0.0607. The largest absolute Gasteiger partial charge is 0.444 e. The van der Waals surface area contributed by atoms with Crippen LogP contribution in [0.5, 0.6) is 0 Å². The summed E-state index contributed by atoms with van der Waals surface area (Å²) in [6.07, 6.45) is 0.824. The molecule has 0 radical (unpaired) electrons. The molecule has 0 heterocycles. The maximum atomic E-state index is 11.4. The Balaban J connectivity index is 2.26. The first-order chi connectivity index (χ1) is 8.11. The van der Waals surface area contributed by atoms with Crippen LogP contribution in [0.3, 0.4) is 0 Å². The second kappa shape index (κ2) is 5.44. The smallest absolute Gasteiger partial charge is 0.407 e. The van der Waals surface area contributed by atoms with Crippen molar-refractivity contribution in [3.63, 3.8) is 0 Å². The fourth-order valence-electron chi connectivity index (χ4n) is 1.82. The topological polar surface area (TPSA) is 81.7 Å². The highest BCUT2D eigenvalue weighted by atomic mass is 32.2. The second-order valence-electron chi connectivity index (χ2n) is 5.57. The van der Waals surface area contributed by atoms with E-state index in [1.165, 1.54) is 0 Å². The Hall–Kier alpha value is -0.820. The van der Waals surface area contributed by atoms with E-state index >= 15 is 0 Å². The molecule has 0 saturated heterocycles. The van der Waals surface area contributed by atoms with Gasteiger partial charge in [0.05, 0.1) is 12.9 Å². The van der Waals surface area contributed by atoms with Gasteiger partial charge < -0.3 is 10.1 Å². The number of amides is 1. The lowest BCUT2D eigenvalue weighted by molar-refractivity contribution is 0.0459. The van der Waals surface area contributed by atoms with Crippen LogP contribution in [0.15, 0.2) is 0 Å². The van der Waals surface area contributed by atoms with Gasteiger partial charge in [-0.3, -0.25) is 4.18 Å². The fraction of sp³-hybridized carbons (Fsp3) is 0.909. The SMILES string of the molecule is COS(=O)(=O)C[C@H]1C[C@@H](NC(=O)OC(C)(C)C)C1. The highest BCUT2D eigenvalue weighted by molar-refractivity contribution is 7.86. The minimum Gasteiger partial charge on any atom is -0.444 e. The first kappa shape index (κ1) is 15.2. The van der Waals surface area contributed by atoms with Crippen LogP contribution in [0.4, 0.5) is 4.79 Å². The number of carbonyl (C=O) groups is 1. The molecule has 106 valence electrons. The number of carbonyl (C=O) groups excluding carboxylic acids is 1. The average molecular weight is 279 g/mol. The molecule has 0 spiro atoms. The van der Waals surface area contributed by atoms with Gasteiger partial charge in [0.15, 0.2) is 0 Å². The first-order valence-electron chi connectivity index (χ1n) is 5.89. The Morgan fingerprint density at radius 2 is 1.89 bits per heavy atom. The molecule has 0 atom stereocenters. The standard InChI is InChI=1S/C11H21NO5S/c1-11(2,3)17-10(13)12-9-5-8(6-9)7-18(14,15)16-4/h8-9H,5-7H2,1-4H3,(H,12,13)/t8-,9+. The van der Waals surface area contributed by atoms with Crippen LogP contribution in [-0.4, -0.2) is 39.0 Å². The predicted octanol–water partition coefficient (Wildman–Crippen LogP) is 1.27. The molecule has 1 aliphatic carbocycles. The highest BCUT2D eigenvalue weighted by Crippen LogP contribution is 2.29. The van der Waals surface area contributed by atoms with Crippen molar-refractivity contribution in [2.75, 3.05) is 12.9 Å². The normalized spacial score (nSPS) is 24.2. The van der Waals surface area contributed by atoms with E-state index in [4.69, 9.17) is 4.74 Å². The Labute approximate surface area is 108 Å². The van der Waals surface area contributed by atoms with Crippen LogP contribution in [-0.2, 0) is 19.0 Å². The zero-order chi connectivity index (χ0) is 14.0. The molecule has 1 saturated carbocycles. The minimum atomic E-state index is -3.40. The molecule has 1 aliphatic rings. The fourth-order valence-corrected chi connectivity index (χ4v) is 2.81. The van der Waals surface area contributed by atoms with E-state index < -0.39 is 21.8 Å². The van der Waals surface area contributed by atoms with Crippen LogP contribution in [0.1, 0.15) is 33.6 Å². The van der Waals surface area contributed by atoms with Crippen molar-refractivity contribution in [1.29, 1.82) is 0 Å². The maximum Gasteiger partial charge on any atom is 0.407 e. The zero-order valence-electron chi connectivity index (χ0n) is 11.2. The van der Waals surface area contributed by atoms with Gasteiger partial charge in [-0.15, -0.1) is 0 Å². The summed E-state index contributed by atoms with van der Waals surface area (Å²) in [4.78, 5) is 11.4. The van der Waals surface area contributed by atoms with Gasteiger partial charge in [-0.25, -0.2) is 4.79 Å². The van der Waals surface area contributed by atoms with Gasteiger partial charge >= 0.3 is 6.09 Å². The number of hydrogen-bond acceptors (Lipinski definition) is 5. The second-order valence-corrected chi connectivity index (χ2v) is 7.35. The third-order valence-electron chi connectivity index (χ3n) is 2.65. The molecule has 0 aromatic heterocycles. The Bertz CT molecular complexity index is 392. The van der Waals surface area contributed by atoms with Crippen LogP contribution in [0.25, 0.3) is 0 Å². The van der Waals surface area contributed by atoms with Crippen molar-refractivity contribution in [3.05, 3.63) is 0 Å². The van der Waals surface area contributed by atoms with E-state index in [9.17, 15) is 13.2 Å². The van der Waals surface area contributed by atoms with Crippen LogP contribution < -0.4 is 5.32 Å². The average Bonchev–Trinajstić information content (AvgIpc) is 2.11. The van der Waals surface area contributed by atoms with Crippen molar-refractivity contribution in [2.45, 2.75) is 45.3 Å². The highest BCUT2D eigenvalue weighted by Gasteiger charge is 2.34. The number of alkyl carbamates (subject to hydrolysis) is 1. The summed E-state index contributed by atoms with van der Waals surface area (Å²) in [5, 5.41) is 2.71. The van der Waals surface area contributed by atoms with E-state index in [0.29, 0.717) is 12.8 Å². The van der Waals surface area contributed by atoms with E-state index in [1.807, 2.05) is 0 Å². The molecule has 1 fully saturated rings. The summed E-state index contributed by atoms with van der Waals surface area (Å²) in [6, 6.07) is -0.00286. The van der Waals surface area contributed by atoms with Gasteiger partial charge in [0, 0.05) is 6.04 Å². The van der Waals surface area contributed by atoms with Crippen LogP contribution >= 0.6 is 0 Å². The van der Waals surface area contributed by atoms with Crippen molar-refractivity contribution in [1.82, 2.24) is 5.32 Å². The van der Waals surface area contributed by atoms with Gasteiger partial charge in [0.1, 0.15) is 5.60 Å². The number of nitrogens with one attached hydrogen (secondary N) is 1. The van der Waals surface area contributed by atoms with Crippen molar-refractivity contribution < 1.29 is 22.1 Å². The van der Waals surface area contributed by atoms with E-state index in [2.05, 4.69) is 9.50 Å². The van der Waals surface area contributed by atoms with Gasteiger partial charge in [-0.05, 0) is 39.5 Å². The third-order valence-corrected chi connectivity index (χ3v) is 4.04. The summed E-state index contributed by atoms with van der Waals surface area (Å²) < 4.78 is 31.9. The molecular formula is C11H21NO5S. The van der Waals surface area contributed by atoms with Gasteiger partial charge in [-0.1, -0.05) is 0 Å². The summed E-state index contributed by atoms with van der Waals surface area (Å²) >= 11 is 0. The van der Waals surface area contributed by atoms with E-state index in [-0.39, 0.29) is 17.7 Å². The summed E-state index contributed by atoms with van der Waals surface area (Å²) in [7, 11) is -2.25. The number of ether oxygens (including phenoxy) is 1. The quantitative estimate of drug-likeness (QED) is 0.784. The summed E-state index contributed by atoms with van der Waals surface area (Å²) in [6.45, 7) is 5.38. The molecule has 0 aromatic rings. The third kappa shape index (κ3) is 5.22.